The number of hydrogen-bond acceptors (Lipinski definition) is 4. The fourth-order valence-corrected chi connectivity index (χ4v) is 0.727. The van der Waals surface area contributed by atoms with Crippen LogP contribution in [0.15, 0.2) is 6.20 Å². The van der Waals surface area contributed by atoms with Crippen LogP contribution in [-0.4, -0.2) is 16.1 Å². The summed E-state index contributed by atoms with van der Waals surface area (Å²) in [5.41, 5.74) is 5.03. The summed E-state index contributed by atoms with van der Waals surface area (Å²) >= 11 is 0. The second-order valence-corrected chi connectivity index (χ2v) is 2.23. The van der Waals surface area contributed by atoms with Gasteiger partial charge in [-0.3, -0.25) is 5.73 Å². The second kappa shape index (κ2) is 2.65. The molecule has 1 aromatic rings. The summed E-state index contributed by atoms with van der Waals surface area (Å²) in [6, 6.07) is 0. The summed E-state index contributed by atoms with van der Waals surface area (Å²) in [5.74, 6) is -1.69. The summed E-state index contributed by atoms with van der Waals surface area (Å²) in [5, 5.41) is 19.5. The second-order valence-electron chi connectivity index (χ2n) is 2.23. The van der Waals surface area contributed by atoms with E-state index in [-0.39, 0.29) is 11.5 Å². The molecule has 0 aromatic carbocycles. The van der Waals surface area contributed by atoms with E-state index in [1.807, 2.05) is 0 Å². The van der Waals surface area contributed by atoms with Crippen LogP contribution >= 0.6 is 0 Å². The average molecular weight is 169 g/mol. The molecule has 0 spiro atoms. The van der Waals surface area contributed by atoms with Gasteiger partial charge in [0.05, 0.1) is 6.20 Å². The van der Waals surface area contributed by atoms with Crippen LogP contribution in [-0.2, 0) is 0 Å². The van der Waals surface area contributed by atoms with E-state index in [1.165, 1.54) is 6.92 Å². The molecule has 0 aliphatic rings. The Labute approximate surface area is 67.9 Å². The van der Waals surface area contributed by atoms with Crippen molar-refractivity contribution in [3.05, 3.63) is 22.8 Å². The lowest BCUT2D eigenvalue weighted by Crippen LogP contribution is -2.36. The summed E-state index contributed by atoms with van der Waals surface area (Å²) in [6.07, 6.45) is 1.16. The van der Waals surface area contributed by atoms with Crippen LogP contribution in [0.3, 0.4) is 0 Å². The number of carbonyl (C=O) groups is 1. The van der Waals surface area contributed by atoms with Crippen molar-refractivity contribution in [1.29, 1.82) is 0 Å². The molecule has 1 aromatic heterocycles. The number of rotatable bonds is 1. The summed E-state index contributed by atoms with van der Waals surface area (Å²) < 4.78 is 0.330. The zero-order chi connectivity index (χ0) is 9.30. The number of carboxylic acids is 1. The minimum Gasteiger partial charge on any atom is -0.710 e. The molecule has 0 saturated heterocycles. The Bertz CT molecular complexity index is 337. The van der Waals surface area contributed by atoms with Gasteiger partial charge in [-0.2, -0.15) is 0 Å². The van der Waals surface area contributed by atoms with E-state index in [0.29, 0.717) is 4.73 Å². The molecule has 0 aliphatic carbocycles. The minimum atomic E-state index is -1.31. The van der Waals surface area contributed by atoms with Crippen molar-refractivity contribution in [3.63, 3.8) is 0 Å². The molecule has 12 heavy (non-hydrogen) atoms. The monoisotopic (exact) mass is 169 g/mol. The number of aromatic nitrogens is 2. The zero-order valence-electron chi connectivity index (χ0n) is 6.31. The Morgan fingerprint density at radius 3 is 2.92 bits per heavy atom. The van der Waals surface area contributed by atoms with E-state index in [2.05, 4.69) is 4.98 Å². The predicted octanol–water partition coefficient (Wildman–Crippen LogP) is -0.696. The van der Waals surface area contributed by atoms with Gasteiger partial charge in [-0.05, 0) is 6.92 Å². The van der Waals surface area contributed by atoms with Crippen molar-refractivity contribution < 1.29 is 14.6 Å². The Hall–Kier alpha value is -1.85. The third kappa shape index (κ3) is 1.14. The zero-order valence-corrected chi connectivity index (χ0v) is 6.31. The van der Waals surface area contributed by atoms with E-state index in [1.54, 1.807) is 0 Å². The Morgan fingerprint density at radius 1 is 1.83 bits per heavy atom. The Balaban J connectivity index is 3.36. The van der Waals surface area contributed by atoms with Gasteiger partial charge in [0.15, 0.2) is 0 Å². The minimum absolute atomic E-state index is 0.262. The maximum atomic E-state index is 11.0. The number of carboxylic acid groups (broad SMARTS) is 1. The lowest BCUT2D eigenvalue weighted by atomic mass is 10.4. The molecule has 3 N–H and O–H groups in total. The molecule has 0 atom stereocenters. The standard InChI is InChI=1S/C6H7N3O3/c1-3-2-8-4(6(10)11)5(7)9(3)12/h2H,7H2,1H3,(H,10,11). The molecule has 0 amide bonds. The van der Waals surface area contributed by atoms with Crippen molar-refractivity contribution in [2.45, 2.75) is 6.92 Å². The van der Waals surface area contributed by atoms with Crippen molar-refractivity contribution in [3.8, 4) is 0 Å². The highest BCUT2D eigenvalue weighted by Crippen LogP contribution is 2.02. The van der Waals surface area contributed by atoms with Gasteiger partial charge in [0, 0.05) is 0 Å². The fraction of sp³-hybridized carbons (Fsp3) is 0.167. The van der Waals surface area contributed by atoms with Gasteiger partial charge in [0.25, 0.3) is 0 Å². The molecule has 1 heterocycles. The van der Waals surface area contributed by atoms with Crippen molar-refractivity contribution in [2.24, 2.45) is 0 Å². The fourth-order valence-electron chi connectivity index (χ4n) is 0.727. The van der Waals surface area contributed by atoms with Crippen LogP contribution < -0.4 is 10.5 Å². The normalized spacial score (nSPS) is 9.75. The van der Waals surface area contributed by atoms with Gasteiger partial charge in [0.1, 0.15) is 5.69 Å². The SMILES string of the molecule is Cc1cnc(C(=O)O)c(N)[n+]1[O-]. The first-order chi connectivity index (χ1) is 5.54. The van der Waals surface area contributed by atoms with Crippen LogP contribution in [0.1, 0.15) is 16.2 Å². The van der Waals surface area contributed by atoms with Crippen molar-refractivity contribution in [2.75, 3.05) is 5.73 Å². The van der Waals surface area contributed by atoms with Crippen LogP contribution in [0, 0.1) is 12.1 Å². The number of aryl methyl sites for hydroxylation is 1. The molecular formula is C6H7N3O3. The van der Waals surface area contributed by atoms with Crippen LogP contribution in [0.4, 0.5) is 5.82 Å². The molecule has 0 aliphatic heterocycles. The first-order valence-electron chi connectivity index (χ1n) is 3.12. The van der Waals surface area contributed by atoms with E-state index in [0.717, 1.165) is 6.20 Å². The van der Waals surface area contributed by atoms with Crippen LogP contribution in [0.2, 0.25) is 0 Å². The van der Waals surface area contributed by atoms with Gasteiger partial charge in [-0.15, -0.1) is 0 Å². The molecule has 0 fully saturated rings. The summed E-state index contributed by atoms with van der Waals surface area (Å²) in [6.45, 7) is 1.49. The highest BCUT2D eigenvalue weighted by atomic mass is 16.5. The molecule has 64 valence electrons. The Morgan fingerprint density at radius 2 is 2.42 bits per heavy atom. The molecule has 0 saturated carbocycles. The molecular weight excluding hydrogens is 162 g/mol. The topological polar surface area (TPSA) is 103 Å². The van der Waals surface area contributed by atoms with E-state index >= 15 is 0 Å². The van der Waals surface area contributed by atoms with Gasteiger partial charge in [-0.1, -0.05) is 0 Å². The van der Waals surface area contributed by atoms with E-state index < -0.39 is 11.7 Å². The van der Waals surface area contributed by atoms with Crippen LogP contribution in [0.5, 0.6) is 0 Å². The molecule has 6 nitrogen and oxygen atoms in total. The van der Waals surface area contributed by atoms with Gasteiger partial charge in [-0.25, -0.2) is 14.5 Å². The largest absolute Gasteiger partial charge is 0.710 e. The van der Waals surface area contributed by atoms with Gasteiger partial charge in [0.2, 0.25) is 5.69 Å². The number of nitrogens with zero attached hydrogens (tertiary/aromatic N) is 2. The number of hydrogen-bond donors (Lipinski definition) is 2. The van der Waals surface area contributed by atoms with Crippen molar-refractivity contribution >= 4 is 11.8 Å². The third-order valence-electron chi connectivity index (χ3n) is 1.36. The number of aromatic carboxylic acids is 1. The maximum Gasteiger partial charge on any atom is 0.363 e. The Kier molecular flexibility index (Phi) is 1.82. The molecule has 0 unspecified atom stereocenters. The highest BCUT2D eigenvalue weighted by molar-refractivity contribution is 5.89. The molecule has 0 radical (unpaired) electrons. The third-order valence-corrected chi connectivity index (χ3v) is 1.36. The van der Waals surface area contributed by atoms with E-state index in [4.69, 9.17) is 10.8 Å². The molecule has 1 rings (SSSR count). The number of anilines is 1. The van der Waals surface area contributed by atoms with Gasteiger partial charge < -0.3 is 10.3 Å². The van der Waals surface area contributed by atoms with Crippen LogP contribution in [0.25, 0.3) is 0 Å². The smallest absolute Gasteiger partial charge is 0.363 e. The molecule has 0 bridgehead atoms. The van der Waals surface area contributed by atoms with E-state index in [9.17, 15) is 10.0 Å². The average Bonchev–Trinajstić information content (AvgIpc) is 2.00. The maximum absolute atomic E-state index is 11.0. The summed E-state index contributed by atoms with van der Waals surface area (Å²) in [7, 11) is 0. The lowest BCUT2D eigenvalue weighted by molar-refractivity contribution is -0.597. The quantitative estimate of drug-likeness (QED) is 0.427. The van der Waals surface area contributed by atoms with Crippen molar-refractivity contribution in [1.82, 2.24) is 4.98 Å². The molecule has 6 heteroatoms. The first kappa shape index (κ1) is 8.25. The first-order valence-corrected chi connectivity index (χ1v) is 3.12. The summed E-state index contributed by atoms with van der Waals surface area (Å²) in [4.78, 5) is 13.9. The number of nitrogen functional groups attached to an aromatic ring is 1. The highest BCUT2D eigenvalue weighted by Gasteiger charge is 2.16. The predicted molar refractivity (Wildman–Crippen MR) is 39.3 cm³/mol. The number of nitrogens with two attached hydrogens (primary N) is 1. The lowest BCUT2D eigenvalue weighted by Gasteiger charge is -2.08. The van der Waals surface area contributed by atoms with Gasteiger partial charge >= 0.3 is 11.8 Å².